The molecule has 0 bridgehead atoms. The van der Waals surface area contributed by atoms with E-state index in [0.717, 1.165) is 23.2 Å². The Kier molecular flexibility index (Phi) is 13.5. The predicted octanol–water partition coefficient (Wildman–Crippen LogP) is 4.91. The lowest BCUT2D eigenvalue weighted by atomic mass is 10.0. The van der Waals surface area contributed by atoms with Gasteiger partial charge in [-0.2, -0.15) is 0 Å². The van der Waals surface area contributed by atoms with Gasteiger partial charge in [-0.25, -0.2) is 4.79 Å². The molecule has 0 fully saturated rings. The molecule has 0 saturated carbocycles. The summed E-state index contributed by atoms with van der Waals surface area (Å²) in [7, 11) is 8.00. The average molecular weight is 652 g/mol. The molecule has 2 heterocycles. The first-order valence-electron chi connectivity index (χ1n) is 15.6. The van der Waals surface area contributed by atoms with Gasteiger partial charge in [0.25, 0.3) is 0 Å². The number of benzene rings is 2. The number of carbonyl (C=O) groups is 1. The standard InChI is InChI=1S/C35H45N3O9/c1-41-28(21-27(39)22-29-9-6-10-34(40)47-29)15-16-38-23-26(36-37-38)8-7-17-46-31-18-24(13-14-30(31)42-2)11-12-25-19-32(43-3)35(45-5)33(20-25)44-4/h6,10-14,18-20,23,27-29,39H,7-9,15-17,21-22H2,1-5H3/b12-11-/t27-,28+,29-/m0/s1. The summed E-state index contributed by atoms with van der Waals surface area (Å²) in [6.07, 6.45) is 11.5. The fourth-order valence-corrected chi connectivity index (χ4v) is 5.32. The van der Waals surface area contributed by atoms with E-state index in [1.54, 1.807) is 46.3 Å². The minimum atomic E-state index is -0.632. The molecule has 0 unspecified atom stereocenters. The molecule has 12 nitrogen and oxygen atoms in total. The molecule has 1 N–H and O–H groups in total. The largest absolute Gasteiger partial charge is 0.493 e. The molecule has 254 valence electrons. The lowest BCUT2D eigenvalue weighted by Gasteiger charge is -2.24. The number of esters is 1. The van der Waals surface area contributed by atoms with Crippen molar-refractivity contribution < 1.29 is 43.1 Å². The second-order valence-corrected chi connectivity index (χ2v) is 11.1. The molecule has 0 aliphatic carbocycles. The van der Waals surface area contributed by atoms with E-state index < -0.39 is 6.10 Å². The fraction of sp³-hybridized carbons (Fsp3) is 0.457. The molecule has 3 atom stereocenters. The van der Waals surface area contributed by atoms with Crippen LogP contribution in [0.25, 0.3) is 12.2 Å². The number of carbonyl (C=O) groups excluding carboxylic acids is 1. The van der Waals surface area contributed by atoms with E-state index in [9.17, 15) is 9.90 Å². The van der Waals surface area contributed by atoms with Gasteiger partial charge >= 0.3 is 5.97 Å². The summed E-state index contributed by atoms with van der Waals surface area (Å²) in [5.41, 5.74) is 2.69. The molecular formula is C35H45N3O9. The zero-order chi connectivity index (χ0) is 33.6. The van der Waals surface area contributed by atoms with Gasteiger partial charge in [0.05, 0.1) is 52.9 Å². The molecular weight excluding hydrogens is 606 g/mol. The van der Waals surface area contributed by atoms with Crippen LogP contribution in [0.4, 0.5) is 0 Å². The average Bonchev–Trinajstić information content (AvgIpc) is 3.54. The van der Waals surface area contributed by atoms with Crippen molar-refractivity contribution in [1.29, 1.82) is 0 Å². The van der Waals surface area contributed by atoms with Crippen LogP contribution in [-0.4, -0.2) is 86.5 Å². The van der Waals surface area contributed by atoms with Crippen molar-refractivity contribution in [2.75, 3.05) is 42.2 Å². The maximum Gasteiger partial charge on any atom is 0.330 e. The first kappa shape index (κ1) is 35.3. The third-order valence-electron chi connectivity index (χ3n) is 7.78. The number of hydrogen-bond acceptors (Lipinski definition) is 11. The van der Waals surface area contributed by atoms with Crippen LogP contribution < -0.4 is 23.7 Å². The lowest BCUT2D eigenvalue weighted by molar-refractivity contribution is -0.145. The molecule has 1 aromatic heterocycles. The second-order valence-electron chi connectivity index (χ2n) is 11.1. The summed E-state index contributed by atoms with van der Waals surface area (Å²) in [4.78, 5) is 11.4. The van der Waals surface area contributed by atoms with Crippen LogP contribution in [0.3, 0.4) is 0 Å². The van der Waals surface area contributed by atoms with Crippen LogP contribution in [0.5, 0.6) is 28.7 Å². The van der Waals surface area contributed by atoms with Gasteiger partial charge in [-0.3, -0.25) is 4.68 Å². The molecule has 0 amide bonds. The molecule has 47 heavy (non-hydrogen) atoms. The van der Waals surface area contributed by atoms with E-state index >= 15 is 0 Å². The number of aliphatic hydroxyl groups excluding tert-OH is 1. The molecule has 0 saturated heterocycles. The number of aliphatic hydroxyl groups is 1. The Labute approximate surface area is 275 Å². The van der Waals surface area contributed by atoms with Gasteiger partial charge in [-0.1, -0.05) is 29.5 Å². The Morgan fingerprint density at radius 2 is 1.70 bits per heavy atom. The Balaban J connectivity index is 1.24. The van der Waals surface area contributed by atoms with Crippen LogP contribution in [0.15, 0.2) is 48.7 Å². The zero-order valence-corrected chi connectivity index (χ0v) is 27.7. The third-order valence-corrected chi connectivity index (χ3v) is 7.78. The second kappa shape index (κ2) is 18.0. The van der Waals surface area contributed by atoms with E-state index in [1.807, 2.05) is 48.7 Å². The monoisotopic (exact) mass is 651 g/mol. The molecule has 0 spiro atoms. The van der Waals surface area contributed by atoms with Crippen molar-refractivity contribution >= 4 is 18.1 Å². The van der Waals surface area contributed by atoms with Gasteiger partial charge in [-0.05, 0) is 61.1 Å². The van der Waals surface area contributed by atoms with Crippen molar-refractivity contribution in [2.45, 2.75) is 63.4 Å². The molecule has 1 aliphatic rings. The van der Waals surface area contributed by atoms with Crippen LogP contribution in [0, 0.1) is 0 Å². The van der Waals surface area contributed by atoms with Gasteiger partial charge in [-0.15, -0.1) is 5.10 Å². The molecule has 2 aromatic carbocycles. The molecule has 3 aromatic rings. The highest BCUT2D eigenvalue weighted by molar-refractivity contribution is 5.82. The Hall–Kier alpha value is -4.55. The Morgan fingerprint density at radius 1 is 0.979 bits per heavy atom. The van der Waals surface area contributed by atoms with Crippen LogP contribution in [-0.2, 0) is 27.2 Å². The molecule has 4 rings (SSSR count). The van der Waals surface area contributed by atoms with Crippen molar-refractivity contribution in [3.8, 4) is 28.7 Å². The number of rotatable bonds is 19. The van der Waals surface area contributed by atoms with E-state index in [1.165, 1.54) is 6.08 Å². The summed E-state index contributed by atoms with van der Waals surface area (Å²) >= 11 is 0. The first-order chi connectivity index (χ1) is 22.8. The first-order valence-corrected chi connectivity index (χ1v) is 15.6. The minimum Gasteiger partial charge on any atom is -0.493 e. The quantitative estimate of drug-likeness (QED) is 0.108. The van der Waals surface area contributed by atoms with Crippen LogP contribution in [0.1, 0.15) is 48.9 Å². The topological polar surface area (TPSA) is 133 Å². The van der Waals surface area contributed by atoms with Crippen molar-refractivity contribution in [3.63, 3.8) is 0 Å². The maximum absolute atomic E-state index is 11.4. The Bertz CT molecular complexity index is 1480. The van der Waals surface area contributed by atoms with Crippen molar-refractivity contribution in [3.05, 3.63) is 65.5 Å². The summed E-state index contributed by atoms with van der Waals surface area (Å²) in [6.45, 7) is 1.07. The number of cyclic esters (lactones) is 1. The van der Waals surface area contributed by atoms with Gasteiger partial charge in [0.15, 0.2) is 23.0 Å². The summed E-state index contributed by atoms with van der Waals surface area (Å²) in [5, 5.41) is 19.0. The smallest absolute Gasteiger partial charge is 0.330 e. The maximum atomic E-state index is 11.4. The van der Waals surface area contributed by atoms with E-state index in [2.05, 4.69) is 10.3 Å². The summed E-state index contributed by atoms with van der Waals surface area (Å²) in [6, 6.07) is 9.54. The van der Waals surface area contributed by atoms with E-state index in [0.29, 0.717) is 74.0 Å². The number of ether oxygens (including phenoxy) is 7. The van der Waals surface area contributed by atoms with Gasteiger partial charge < -0.3 is 38.3 Å². The highest BCUT2D eigenvalue weighted by Crippen LogP contribution is 2.39. The molecule has 1 aliphatic heterocycles. The molecule has 0 radical (unpaired) electrons. The minimum absolute atomic E-state index is 0.164. The number of hydrogen-bond donors (Lipinski definition) is 1. The van der Waals surface area contributed by atoms with Crippen molar-refractivity contribution in [1.82, 2.24) is 15.0 Å². The van der Waals surface area contributed by atoms with Gasteiger partial charge in [0.1, 0.15) is 6.10 Å². The third kappa shape index (κ3) is 10.5. The molecule has 12 heteroatoms. The summed E-state index contributed by atoms with van der Waals surface area (Å²) < 4.78 is 40.6. The highest BCUT2D eigenvalue weighted by atomic mass is 16.5. The van der Waals surface area contributed by atoms with Gasteiger partial charge in [0.2, 0.25) is 5.75 Å². The fourth-order valence-electron chi connectivity index (χ4n) is 5.32. The van der Waals surface area contributed by atoms with Crippen LogP contribution >= 0.6 is 0 Å². The number of aryl methyl sites for hydroxylation is 2. The number of methoxy groups -OCH3 is 5. The Morgan fingerprint density at radius 3 is 2.38 bits per heavy atom. The van der Waals surface area contributed by atoms with E-state index in [4.69, 9.17) is 33.2 Å². The SMILES string of the molecule is COc1ccc(/C=C\c2cc(OC)c(OC)c(OC)c2)cc1OCCCc1cn(CC[C@H](C[C@H](O)C[C@@H]2CC=CC(=O)O2)OC)nn1. The number of aromatic nitrogens is 3. The van der Waals surface area contributed by atoms with Crippen molar-refractivity contribution in [2.24, 2.45) is 0 Å². The van der Waals surface area contributed by atoms with Crippen LogP contribution in [0.2, 0.25) is 0 Å². The number of nitrogens with zero attached hydrogens (tertiary/aromatic N) is 3. The highest BCUT2D eigenvalue weighted by Gasteiger charge is 2.22. The lowest BCUT2D eigenvalue weighted by Crippen LogP contribution is -2.28. The van der Waals surface area contributed by atoms with Gasteiger partial charge in [0, 0.05) is 38.8 Å². The normalized spacial score (nSPS) is 15.7. The zero-order valence-electron chi connectivity index (χ0n) is 27.7. The summed E-state index contributed by atoms with van der Waals surface area (Å²) in [5.74, 6) is 2.64. The van der Waals surface area contributed by atoms with E-state index in [-0.39, 0.29) is 18.2 Å². The predicted molar refractivity (Wildman–Crippen MR) is 176 cm³/mol.